The zero-order valence-electron chi connectivity index (χ0n) is 14.2. The van der Waals surface area contributed by atoms with Crippen LogP contribution in [0.2, 0.25) is 0 Å². The molecule has 0 unspecified atom stereocenters. The highest BCUT2D eigenvalue weighted by atomic mass is 32.1. The fraction of sp³-hybridized carbons (Fsp3) is 0.444. The minimum atomic E-state index is 0.0553. The highest BCUT2D eigenvalue weighted by molar-refractivity contribution is 7.09. The van der Waals surface area contributed by atoms with Crippen LogP contribution in [0, 0.1) is 13.8 Å². The van der Waals surface area contributed by atoms with E-state index < -0.39 is 0 Å². The number of thiazole rings is 1. The molecule has 1 aliphatic rings. The third-order valence-electron chi connectivity index (χ3n) is 4.16. The molecule has 128 valence electrons. The molecule has 2 heterocycles. The molecule has 5 nitrogen and oxygen atoms in total. The summed E-state index contributed by atoms with van der Waals surface area (Å²) in [5.74, 6) is 0.797. The number of benzene rings is 1. The summed E-state index contributed by atoms with van der Waals surface area (Å²) in [4.78, 5) is 21.0. The first-order valence-corrected chi connectivity index (χ1v) is 9.09. The molecule has 0 radical (unpaired) electrons. The number of aryl methyl sites for hydroxylation is 2. The predicted molar refractivity (Wildman–Crippen MR) is 95.4 cm³/mol. The van der Waals surface area contributed by atoms with Crippen molar-refractivity contribution >= 4 is 17.2 Å². The van der Waals surface area contributed by atoms with Crippen molar-refractivity contribution in [1.82, 2.24) is 14.8 Å². The number of piperazine rings is 1. The van der Waals surface area contributed by atoms with Crippen molar-refractivity contribution in [1.29, 1.82) is 0 Å². The second-order valence-electron chi connectivity index (χ2n) is 6.12. The van der Waals surface area contributed by atoms with Gasteiger partial charge in [-0.3, -0.25) is 9.69 Å². The van der Waals surface area contributed by atoms with Crippen LogP contribution in [0.1, 0.15) is 16.3 Å². The van der Waals surface area contributed by atoms with E-state index in [0.717, 1.165) is 49.2 Å². The van der Waals surface area contributed by atoms with Gasteiger partial charge >= 0.3 is 0 Å². The number of carbonyl (C=O) groups excluding carboxylic acids is 1. The molecule has 3 rings (SSSR count). The lowest BCUT2D eigenvalue weighted by Gasteiger charge is -2.34. The van der Waals surface area contributed by atoms with Gasteiger partial charge in [-0.2, -0.15) is 0 Å². The summed E-state index contributed by atoms with van der Waals surface area (Å²) in [6, 6.07) is 7.77. The van der Waals surface area contributed by atoms with E-state index in [-0.39, 0.29) is 12.5 Å². The third-order valence-corrected chi connectivity index (χ3v) is 4.98. The van der Waals surface area contributed by atoms with E-state index in [9.17, 15) is 4.79 Å². The van der Waals surface area contributed by atoms with Gasteiger partial charge in [0.1, 0.15) is 5.75 Å². The Labute approximate surface area is 146 Å². The Morgan fingerprint density at radius 1 is 1.17 bits per heavy atom. The normalized spacial score (nSPS) is 15.5. The summed E-state index contributed by atoms with van der Waals surface area (Å²) in [5.41, 5.74) is 2.31. The molecule has 0 bridgehead atoms. The molecule has 24 heavy (non-hydrogen) atoms. The number of aromatic nitrogens is 1. The van der Waals surface area contributed by atoms with Crippen molar-refractivity contribution < 1.29 is 9.53 Å². The molecule has 1 saturated heterocycles. The van der Waals surface area contributed by atoms with Crippen LogP contribution in [0.15, 0.2) is 29.6 Å². The summed E-state index contributed by atoms with van der Waals surface area (Å²) in [6.07, 6.45) is 0. The first-order chi connectivity index (χ1) is 11.6. The Morgan fingerprint density at radius 3 is 2.50 bits per heavy atom. The van der Waals surface area contributed by atoms with Gasteiger partial charge in [-0.05, 0) is 26.0 Å². The Hall–Kier alpha value is -1.92. The summed E-state index contributed by atoms with van der Waals surface area (Å²) in [7, 11) is 0. The van der Waals surface area contributed by atoms with Gasteiger partial charge in [0.15, 0.2) is 6.61 Å². The zero-order chi connectivity index (χ0) is 16.9. The van der Waals surface area contributed by atoms with Gasteiger partial charge in [-0.25, -0.2) is 4.98 Å². The van der Waals surface area contributed by atoms with Crippen LogP contribution >= 0.6 is 11.3 Å². The van der Waals surface area contributed by atoms with Crippen LogP contribution in [0.4, 0.5) is 0 Å². The van der Waals surface area contributed by atoms with E-state index in [4.69, 9.17) is 4.74 Å². The molecule has 1 aromatic heterocycles. The van der Waals surface area contributed by atoms with E-state index in [1.807, 2.05) is 43.0 Å². The fourth-order valence-corrected chi connectivity index (χ4v) is 3.34. The van der Waals surface area contributed by atoms with Crippen LogP contribution in [0.3, 0.4) is 0 Å². The van der Waals surface area contributed by atoms with Crippen molar-refractivity contribution in [3.63, 3.8) is 0 Å². The van der Waals surface area contributed by atoms with Crippen LogP contribution in [0.25, 0.3) is 0 Å². The molecule has 0 atom stereocenters. The maximum atomic E-state index is 12.3. The molecular formula is C18H23N3O2S. The molecule has 1 aromatic carbocycles. The maximum Gasteiger partial charge on any atom is 0.260 e. The van der Waals surface area contributed by atoms with Crippen molar-refractivity contribution in [3.8, 4) is 5.75 Å². The smallest absolute Gasteiger partial charge is 0.260 e. The standard InChI is InChI=1S/C18H23N3O2S/c1-14-3-5-17(6-4-14)23-12-18(22)21-9-7-20(8-10-21)11-16-13-24-15(2)19-16/h3-6,13H,7-12H2,1-2H3. The number of carbonyl (C=O) groups is 1. The minimum Gasteiger partial charge on any atom is -0.484 e. The van der Waals surface area contributed by atoms with E-state index in [0.29, 0.717) is 0 Å². The molecule has 0 aliphatic carbocycles. The number of hydrogen-bond donors (Lipinski definition) is 0. The van der Waals surface area contributed by atoms with Gasteiger partial charge in [0.2, 0.25) is 0 Å². The minimum absolute atomic E-state index is 0.0553. The zero-order valence-corrected chi connectivity index (χ0v) is 15.0. The number of amides is 1. The molecule has 1 aliphatic heterocycles. The summed E-state index contributed by atoms with van der Waals surface area (Å²) < 4.78 is 5.59. The van der Waals surface area contributed by atoms with Crippen LogP contribution in [-0.2, 0) is 11.3 Å². The van der Waals surface area contributed by atoms with E-state index in [1.54, 1.807) is 11.3 Å². The van der Waals surface area contributed by atoms with Crippen molar-refractivity contribution in [2.24, 2.45) is 0 Å². The van der Waals surface area contributed by atoms with Gasteiger partial charge in [-0.15, -0.1) is 11.3 Å². The second kappa shape index (κ2) is 7.77. The predicted octanol–water partition coefficient (Wildman–Crippen LogP) is 2.48. The monoisotopic (exact) mass is 345 g/mol. The number of ether oxygens (including phenoxy) is 1. The van der Waals surface area contributed by atoms with E-state index in [1.165, 1.54) is 5.56 Å². The lowest BCUT2D eigenvalue weighted by molar-refractivity contribution is -0.135. The van der Waals surface area contributed by atoms with Gasteiger partial charge < -0.3 is 9.64 Å². The van der Waals surface area contributed by atoms with Crippen LogP contribution in [0.5, 0.6) is 5.75 Å². The highest BCUT2D eigenvalue weighted by Gasteiger charge is 2.21. The molecular weight excluding hydrogens is 322 g/mol. The summed E-state index contributed by atoms with van der Waals surface area (Å²) >= 11 is 1.68. The first kappa shape index (κ1) is 16.9. The third kappa shape index (κ3) is 4.55. The SMILES string of the molecule is Cc1ccc(OCC(=O)N2CCN(Cc3csc(C)n3)CC2)cc1. The van der Waals surface area contributed by atoms with Crippen molar-refractivity contribution in [2.45, 2.75) is 20.4 Å². The van der Waals surface area contributed by atoms with E-state index >= 15 is 0 Å². The Bertz CT molecular complexity index is 676. The highest BCUT2D eigenvalue weighted by Crippen LogP contribution is 2.14. The Kier molecular flexibility index (Phi) is 5.48. The molecule has 1 fully saturated rings. The van der Waals surface area contributed by atoms with Gasteiger partial charge in [0, 0.05) is 38.1 Å². The molecule has 1 amide bonds. The topological polar surface area (TPSA) is 45.7 Å². The quantitative estimate of drug-likeness (QED) is 0.835. The Balaban J connectivity index is 1.42. The van der Waals surface area contributed by atoms with Gasteiger partial charge in [0.05, 0.1) is 10.7 Å². The number of rotatable bonds is 5. The van der Waals surface area contributed by atoms with E-state index in [2.05, 4.69) is 15.3 Å². The maximum absolute atomic E-state index is 12.3. The average Bonchev–Trinajstić information content (AvgIpc) is 2.99. The summed E-state index contributed by atoms with van der Waals surface area (Å²) in [5, 5.41) is 3.22. The van der Waals surface area contributed by atoms with Gasteiger partial charge in [0.25, 0.3) is 5.91 Å². The molecule has 0 N–H and O–H groups in total. The number of hydrogen-bond acceptors (Lipinski definition) is 5. The molecule has 0 saturated carbocycles. The average molecular weight is 345 g/mol. The Morgan fingerprint density at radius 2 is 1.88 bits per heavy atom. The summed E-state index contributed by atoms with van der Waals surface area (Å²) in [6.45, 7) is 8.29. The second-order valence-corrected chi connectivity index (χ2v) is 7.18. The van der Waals surface area contributed by atoms with Crippen LogP contribution in [-0.4, -0.2) is 53.5 Å². The molecule has 6 heteroatoms. The fourth-order valence-electron chi connectivity index (χ4n) is 2.74. The van der Waals surface area contributed by atoms with Gasteiger partial charge in [-0.1, -0.05) is 17.7 Å². The van der Waals surface area contributed by atoms with Crippen LogP contribution < -0.4 is 4.74 Å². The first-order valence-electron chi connectivity index (χ1n) is 8.21. The molecule has 0 spiro atoms. The lowest BCUT2D eigenvalue weighted by Crippen LogP contribution is -2.49. The number of nitrogens with zero attached hydrogens (tertiary/aromatic N) is 3. The van der Waals surface area contributed by atoms with Crippen molar-refractivity contribution in [3.05, 3.63) is 45.9 Å². The molecule has 2 aromatic rings. The largest absolute Gasteiger partial charge is 0.484 e. The van der Waals surface area contributed by atoms with Crippen molar-refractivity contribution in [2.75, 3.05) is 32.8 Å². The lowest BCUT2D eigenvalue weighted by atomic mass is 10.2.